The van der Waals surface area contributed by atoms with Crippen molar-refractivity contribution in [3.05, 3.63) is 58.2 Å². The molecule has 2 rings (SSSR count). The second kappa shape index (κ2) is 10.4. The zero-order chi connectivity index (χ0) is 20.6. The fraction of sp³-hybridized carbons (Fsp3) is 0.316. The van der Waals surface area contributed by atoms with Crippen molar-refractivity contribution in [2.45, 2.75) is 19.5 Å². The monoisotopic (exact) mass is 435 g/mol. The first kappa shape index (κ1) is 22.2. The number of hydrogen-bond acceptors (Lipinski definition) is 4. The third-order valence-electron chi connectivity index (χ3n) is 3.38. The van der Waals surface area contributed by atoms with Crippen LogP contribution in [0.4, 0.5) is 13.2 Å². The second-order valence-corrected chi connectivity index (χ2v) is 6.63. The van der Waals surface area contributed by atoms with E-state index < -0.39 is 11.7 Å². The lowest BCUT2D eigenvalue weighted by Gasteiger charge is -2.11. The van der Waals surface area contributed by atoms with Gasteiger partial charge in [-0.15, -0.1) is 0 Å². The number of allylic oxidation sites excluding steroid dienone is 1. The number of benzene rings is 1. The van der Waals surface area contributed by atoms with Crippen molar-refractivity contribution in [1.82, 2.24) is 4.98 Å². The van der Waals surface area contributed by atoms with Crippen LogP contribution in [0.1, 0.15) is 18.9 Å². The molecular formula is C19H18Cl2F3NO3. The summed E-state index contributed by atoms with van der Waals surface area (Å²) in [5.74, 6) is 1.20. The first-order valence-electron chi connectivity index (χ1n) is 8.29. The first-order valence-corrected chi connectivity index (χ1v) is 9.05. The van der Waals surface area contributed by atoms with Crippen LogP contribution >= 0.6 is 23.2 Å². The standard InChI is InChI=1S/C19H18Cl2F3NO3/c1-13(20)7-10-26-15-4-5-17(16(21)11-15)27-8-2-9-28-18-6-3-14(12-25-18)19(22,23)24/h3-7,11-12H,2,8-10H2,1H3/b13-7-. The number of nitrogens with zero attached hydrogens (tertiary/aromatic N) is 1. The Balaban J connectivity index is 1.72. The Kier molecular flexibility index (Phi) is 8.26. The minimum atomic E-state index is -4.42. The molecule has 4 nitrogen and oxygen atoms in total. The molecule has 0 aliphatic rings. The lowest BCUT2D eigenvalue weighted by atomic mass is 10.3. The maximum Gasteiger partial charge on any atom is 0.417 e. The van der Waals surface area contributed by atoms with Gasteiger partial charge in [0.1, 0.15) is 18.1 Å². The van der Waals surface area contributed by atoms with Gasteiger partial charge in [-0.25, -0.2) is 4.98 Å². The van der Waals surface area contributed by atoms with Gasteiger partial charge < -0.3 is 14.2 Å². The third kappa shape index (κ3) is 7.48. The molecule has 0 fully saturated rings. The van der Waals surface area contributed by atoms with E-state index in [1.807, 2.05) is 0 Å². The SMILES string of the molecule is C/C(Cl)=C/COc1ccc(OCCCOc2ccc(C(F)(F)F)cn2)c(Cl)c1. The number of aromatic nitrogens is 1. The van der Waals surface area contributed by atoms with Gasteiger partial charge in [-0.05, 0) is 31.2 Å². The second-order valence-electron chi connectivity index (χ2n) is 5.63. The largest absolute Gasteiger partial charge is 0.492 e. The van der Waals surface area contributed by atoms with E-state index in [0.717, 1.165) is 12.3 Å². The molecule has 28 heavy (non-hydrogen) atoms. The maximum absolute atomic E-state index is 12.5. The van der Waals surface area contributed by atoms with Crippen LogP contribution in [0.15, 0.2) is 47.6 Å². The Labute approximate surface area is 170 Å². The van der Waals surface area contributed by atoms with Gasteiger partial charge in [0.2, 0.25) is 5.88 Å². The van der Waals surface area contributed by atoms with Crippen molar-refractivity contribution in [2.24, 2.45) is 0 Å². The van der Waals surface area contributed by atoms with Gasteiger partial charge in [0, 0.05) is 29.8 Å². The van der Waals surface area contributed by atoms with Gasteiger partial charge in [-0.3, -0.25) is 0 Å². The fourth-order valence-corrected chi connectivity index (χ4v) is 2.28. The fourth-order valence-electron chi connectivity index (χ4n) is 1.99. The quantitative estimate of drug-likeness (QED) is 0.444. The van der Waals surface area contributed by atoms with Gasteiger partial charge in [0.15, 0.2) is 0 Å². The molecule has 0 N–H and O–H groups in total. The Morgan fingerprint density at radius 3 is 2.46 bits per heavy atom. The van der Waals surface area contributed by atoms with Gasteiger partial charge in [-0.1, -0.05) is 23.2 Å². The molecule has 152 valence electrons. The van der Waals surface area contributed by atoms with E-state index in [0.29, 0.717) is 41.2 Å². The molecule has 0 aliphatic carbocycles. The maximum atomic E-state index is 12.5. The van der Waals surface area contributed by atoms with E-state index in [2.05, 4.69) is 4.98 Å². The van der Waals surface area contributed by atoms with E-state index in [1.54, 1.807) is 31.2 Å². The van der Waals surface area contributed by atoms with Crippen LogP contribution in [0.2, 0.25) is 5.02 Å². The van der Waals surface area contributed by atoms with Crippen molar-refractivity contribution in [1.29, 1.82) is 0 Å². The molecule has 1 aromatic carbocycles. The van der Waals surface area contributed by atoms with E-state index in [-0.39, 0.29) is 12.5 Å². The third-order valence-corrected chi connectivity index (χ3v) is 3.83. The molecule has 0 saturated heterocycles. The molecule has 0 atom stereocenters. The lowest BCUT2D eigenvalue weighted by molar-refractivity contribution is -0.137. The molecule has 0 bridgehead atoms. The van der Waals surface area contributed by atoms with Gasteiger partial charge in [0.05, 0.1) is 23.8 Å². The van der Waals surface area contributed by atoms with E-state index in [1.165, 1.54) is 6.07 Å². The van der Waals surface area contributed by atoms with Crippen LogP contribution in [0, 0.1) is 0 Å². The van der Waals surface area contributed by atoms with Crippen molar-refractivity contribution in [3.63, 3.8) is 0 Å². The number of ether oxygens (including phenoxy) is 3. The number of rotatable bonds is 9. The van der Waals surface area contributed by atoms with Crippen LogP contribution < -0.4 is 14.2 Å². The molecule has 0 unspecified atom stereocenters. The minimum absolute atomic E-state index is 0.119. The zero-order valence-electron chi connectivity index (χ0n) is 14.9. The topological polar surface area (TPSA) is 40.6 Å². The summed E-state index contributed by atoms with van der Waals surface area (Å²) in [5, 5.41) is 1.04. The Morgan fingerprint density at radius 2 is 1.86 bits per heavy atom. The molecule has 0 aliphatic heterocycles. The van der Waals surface area contributed by atoms with Gasteiger partial charge >= 0.3 is 6.18 Å². The number of alkyl halides is 3. The Hall–Kier alpha value is -2.12. The van der Waals surface area contributed by atoms with Gasteiger partial charge in [-0.2, -0.15) is 13.2 Å². The van der Waals surface area contributed by atoms with Crippen molar-refractivity contribution < 1.29 is 27.4 Å². The van der Waals surface area contributed by atoms with Crippen molar-refractivity contribution in [3.8, 4) is 17.4 Å². The lowest BCUT2D eigenvalue weighted by Crippen LogP contribution is -2.08. The van der Waals surface area contributed by atoms with Crippen LogP contribution in [-0.4, -0.2) is 24.8 Å². The normalized spacial score (nSPS) is 12.0. The van der Waals surface area contributed by atoms with Crippen LogP contribution in [-0.2, 0) is 6.18 Å². The Bertz CT molecular complexity index is 792. The van der Waals surface area contributed by atoms with Crippen molar-refractivity contribution >= 4 is 23.2 Å². The summed E-state index contributed by atoms with van der Waals surface area (Å²) in [6.07, 6.45) is -1.46. The number of hydrogen-bond donors (Lipinski definition) is 0. The highest BCUT2D eigenvalue weighted by Crippen LogP contribution is 2.30. The minimum Gasteiger partial charge on any atom is -0.492 e. The number of halogens is 5. The highest BCUT2D eigenvalue weighted by molar-refractivity contribution is 6.32. The summed E-state index contributed by atoms with van der Waals surface area (Å²) < 4.78 is 53.7. The first-order chi connectivity index (χ1) is 13.3. The van der Waals surface area contributed by atoms with Gasteiger partial charge in [0.25, 0.3) is 0 Å². The van der Waals surface area contributed by atoms with E-state index >= 15 is 0 Å². The van der Waals surface area contributed by atoms with E-state index in [4.69, 9.17) is 37.4 Å². The predicted molar refractivity (Wildman–Crippen MR) is 101 cm³/mol. The molecule has 0 radical (unpaired) electrons. The molecule has 0 amide bonds. The molecule has 1 heterocycles. The Morgan fingerprint density at radius 1 is 1.11 bits per heavy atom. The summed E-state index contributed by atoms with van der Waals surface area (Å²) >= 11 is 11.9. The summed E-state index contributed by atoms with van der Waals surface area (Å²) in [7, 11) is 0. The molecule has 1 aromatic heterocycles. The molecular weight excluding hydrogens is 418 g/mol. The average Bonchev–Trinajstić information content (AvgIpc) is 2.62. The molecule has 2 aromatic rings. The van der Waals surface area contributed by atoms with Crippen molar-refractivity contribution in [2.75, 3.05) is 19.8 Å². The number of pyridine rings is 1. The van der Waals surface area contributed by atoms with Crippen LogP contribution in [0.5, 0.6) is 17.4 Å². The molecule has 0 spiro atoms. The molecule has 9 heteroatoms. The summed E-state index contributed by atoms with van der Waals surface area (Å²) in [4.78, 5) is 3.63. The summed E-state index contributed by atoms with van der Waals surface area (Å²) in [6.45, 7) is 2.64. The zero-order valence-corrected chi connectivity index (χ0v) is 16.4. The van der Waals surface area contributed by atoms with Crippen LogP contribution in [0.25, 0.3) is 0 Å². The summed E-state index contributed by atoms with van der Waals surface area (Å²) in [5.41, 5.74) is -0.820. The summed E-state index contributed by atoms with van der Waals surface area (Å²) in [6, 6.07) is 7.15. The predicted octanol–water partition coefficient (Wildman–Crippen LogP) is 6.12. The highest BCUT2D eigenvalue weighted by Gasteiger charge is 2.30. The smallest absolute Gasteiger partial charge is 0.417 e. The highest BCUT2D eigenvalue weighted by atomic mass is 35.5. The van der Waals surface area contributed by atoms with E-state index in [9.17, 15) is 13.2 Å². The average molecular weight is 436 g/mol. The van der Waals surface area contributed by atoms with Crippen LogP contribution in [0.3, 0.4) is 0 Å². The molecule has 0 saturated carbocycles.